The quantitative estimate of drug-likeness (QED) is 0.424. The number of amides is 1. The van der Waals surface area contributed by atoms with Gasteiger partial charge in [-0.2, -0.15) is 18.3 Å². The summed E-state index contributed by atoms with van der Waals surface area (Å²) >= 11 is 0. The summed E-state index contributed by atoms with van der Waals surface area (Å²) in [5.41, 5.74) is 5.60. The highest BCUT2D eigenvalue weighted by molar-refractivity contribution is 5.94. The van der Waals surface area contributed by atoms with Gasteiger partial charge in [-0.3, -0.25) is 18.8 Å². The lowest BCUT2D eigenvalue weighted by atomic mass is 10.1. The van der Waals surface area contributed by atoms with Gasteiger partial charge in [-0.05, 0) is 37.0 Å². The summed E-state index contributed by atoms with van der Waals surface area (Å²) in [4.78, 5) is 23.6. The molecule has 2 aliphatic rings. The number of hydrogen-bond acceptors (Lipinski definition) is 5. The normalized spacial score (nSPS) is 16.2. The monoisotopic (exact) mass is 509 g/mol. The van der Waals surface area contributed by atoms with Gasteiger partial charge in [-0.1, -0.05) is 24.3 Å². The number of carbonyl (C=O) groups is 1. The molecular weight excluding hydrogens is 483 g/mol. The van der Waals surface area contributed by atoms with Crippen LogP contribution in [0.2, 0.25) is 0 Å². The molecule has 4 aromatic rings. The number of alkyl halides is 3. The van der Waals surface area contributed by atoms with Crippen LogP contribution in [0.3, 0.4) is 0 Å². The van der Waals surface area contributed by atoms with Crippen molar-refractivity contribution in [2.45, 2.75) is 51.5 Å². The summed E-state index contributed by atoms with van der Waals surface area (Å²) in [5.74, 6) is 0.658. The third kappa shape index (κ3) is 4.95. The van der Waals surface area contributed by atoms with Crippen LogP contribution in [-0.2, 0) is 19.6 Å². The predicted molar refractivity (Wildman–Crippen MR) is 130 cm³/mol. The van der Waals surface area contributed by atoms with Crippen molar-refractivity contribution in [2.75, 3.05) is 13.1 Å². The van der Waals surface area contributed by atoms with Gasteiger partial charge in [0, 0.05) is 43.5 Å². The molecule has 0 spiro atoms. The van der Waals surface area contributed by atoms with Gasteiger partial charge < -0.3 is 5.32 Å². The number of aryl methyl sites for hydroxylation is 1. The molecule has 1 N–H and O–H groups in total. The van der Waals surface area contributed by atoms with E-state index in [1.807, 2.05) is 43.5 Å². The highest BCUT2D eigenvalue weighted by Gasteiger charge is 2.34. The Labute approximate surface area is 211 Å². The molecule has 1 aromatic carbocycles. The third-order valence-electron chi connectivity index (χ3n) is 6.80. The Morgan fingerprint density at radius 1 is 1.16 bits per heavy atom. The van der Waals surface area contributed by atoms with Crippen molar-refractivity contribution in [3.63, 3.8) is 0 Å². The molecule has 1 amide bonds. The van der Waals surface area contributed by atoms with E-state index >= 15 is 0 Å². The first-order valence-electron chi connectivity index (χ1n) is 12.3. The van der Waals surface area contributed by atoms with Crippen LogP contribution < -0.4 is 5.32 Å². The van der Waals surface area contributed by atoms with Crippen LogP contribution in [0.1, 0.15) is 51.8 Å². The molecule has 1 fully saturated rings. The number of aromatic nitrogens is 5. The van der Waals surface area contributed by atoms with Gasteiger partial charge in [0.2, 0.25) is 5.78 Å². The maximum Gasteiger partial charge on any atom is 0.401 e. The summed E-state index contributed by atoms with van der Waals surface area (Å²) in [6.07, 6.45) is 1.48. The van der Waals surface area contributed by atoms with Crippen LogP contribution in [0, 0.1) is 6.92 Å². The Morgan fingerprint density at radius 3 is 2.68 bits per heavy atom. The van der Waals surface area contributed by atoms with Crippen molar-refractivity contribution >= 4 is 11.7 Å². The van der Waals surface area contributed by atoms with E-state index in [0.29, 0.717) is 37.0 Å². The SMILES string of the molecule is Cc1cnc2nc(C3CC3)c(C(=O)NCc3ccc(-c4cc5n(n4)CCN(CC(F)(F)F)C5)cc3)n2c1. The van der Waals surface area contributed by atoms with E-state index in [0.717, 1.165) is 46.6 Å². The largest absolute Gasteiger partial charge is 0.401 e. The predicted octanol–water partition coefficient (Wildman–Crippen LogP) is 4.09. The van der Waals surface area contributed by atoms with Gasteiger partial charge in [0.05, 0.1) is 30.2 Å². The average molecular weight is 510 g/mol. The summed E-state index contributed by atoms with van der Waals surface area (Å²) in [5, 5.41) is 7.59. The molecule has 1 aliphatic heterocycles. The van der Waals surface area contributed by atoms with Crippen LogP contribution in [0.25, 0.3) is 17.0 Å². The van der Waals surface area contributed by atoms with E-state index in [2.05, 4.69) is 20.4 Å². The minimum atomic E-state index is -4.21. The lowest BCUT2D eigenvalue weighted by Crippen LogP contribution is -2.39. The molecule has 8 nitrogen and oxygen atoms in total. The van der Waals surface area contributed by atoms with E-state index in [-0.39, 0.29) is 12.5 Å². The maximum atomic E-state index is 13.2. The molecule has 0 atom stereocenters. The molecule has 4 heterocycles. The van der Waals surface area contributed by atoms with E-state index in [1.54, 1.807) is 15.3 Å². The van der Waals surface area contributed by atoms with Gasteiger partial charge in [-0.15, -0.1) is 0 Å². The highest BCUT2D eigenvalue weighted by Crippen LogP contribution is 2.41. The Bertz CT molecular complexity index is 1470. The van der Waals surface area contributed by atoms with Crippen molar-refractivity contribution in [2.24, 2.45) is 0 Å². The fourth-order valence-corrected chi connectivity index (χ4v) is 4.82. The molecule has 0 radical (unpaired) electrons. The molecule has 1 saturated carbocycles. The summed E-state index contributed by atoms with van der Waals surface area (Å²) < 4.78 is 41.8. The van der Waals surface area contributed by atoms with Crippen molar-refractivity contribution < 1.29 is 18.0 Å². The molecule has 37 heavy (non-hydrogen) atoms. The number of rotatable bonds is 6. The number of fused-ring (bicyclic) bond motifs is 2. The van der Waals surface area contributed by atoms with Crippen LogP contribution in [0.5, 0.6) is 0 Å². The van der Waals surface area contributed by atoms with Crippen molar-refractivity contribution in [1.29, 1.82) is 0 Å². The Hall–Kier alpha value is -3.73. The number of nitrogens with one attached hydrogen (secondary N) is 1. The zero-order valence-electron chi connectivity index (χ0n) is 20.3. The van der Waals surface area contributed by atoms with Gasteiger partial charge in [-0.25, -0.2) is 9.97 Å². The zero-order valence-corrected chi connectivity index (χ0v) is 20.3. The molecule has 192 valence electrons. The minimum Gasteiger partial charge on any atom is -0.347 e. The lowest BCUT2D eigenvalue weighted by Gasteiger charge is -2.28. The number of halogens is 3. The van der Waals surface area contributed by atoms with E-state index in [1.165, 1.54) is 4.90 Å². The fraction of sp³-hybridized carbons (Fsp3) is 0.385. The molecule has 0 unspecified atom stereocenters. The second kappa shape index (κ2) is 8.98. The topological polar surface area (TPSA) is 80.3 Å². The third-order valence-corrected chi connectivity index (χ3v) is 6.80. The van der Waals surface area contributed by atoms with Crippen LogP contribution in [0.4, 0.5) is 13.2 Å². The fourth-order valence-electron chi connectivity index (χ4n) is 4.82. The first-order valence-corrected chi connectivity index (χ1v) is 12.3. The first-order chi connectivity index (χ1) is 17.7. The second-order valence-electron chi connectivity index (χ2n) is 9.87. The van der Waals surface area contributed by atoms with Crippen molar-refractivity contribution in [3.8, 4) is 11.3 Å². The minimum absolute atomic E-state index is 0.184. The van der Waals surface area contributed by atoms with E-state index in [4.69, 9.17) is 0 Å². The van der Waals surface area contributed by atoms with E-state index < -0.39 is 12.7 Å². The van der Waals surface area contributed by atoms with Crippen molar-refractivity contribution in [3.05, 3.63) is 70.9 Å². The Kier molecular flexibility index (Phi) is 5.74. The average Bonchev–Trinajstić information content (AvgIpc) is 3.50. The maximum absolute atomic E-state index is 13.2. The number of carbonyl (C=O) groups excluding carboxylic acids is 1. The zero-order chi connectivity index (χ0) is 25.7. The summed E-state index contributed by atoms with van der Waals surface area (Å²) in [6.45, 7) is 2.33. The first kappa shape index (κ1) is 23.7. The summed E-state index contributed by atoms with van der Waals surface area (Å²) in [6, 6.07) is 9.53. The molecule has 11 heteroatoms. The molecule has 1 aliphatic carbocycles. The Balaban J connectivity index is 1.14. The van der Waals surface area contributed by atoms with Crippen molar-refractivity contribution in [1.82, 2.24) is 34.4 Å². The van der Waals surface area contributed by atoms with Crippen LogP contribution >= 0.6 is 0 Å². The number of imidazole rings is 1. The van der Waals surface area contributed by atoms with Gasteiger partial charge in [0.15, 0.2) is 0 Å². The number of hydrogen-bond donors (Lipinski definition) is 1. The molecule has 3 aromatic heterocycles. The van der Waals surface area contributed by atoms with E-state index in [9.17, 15) is 18.0 Å². The standard InChI is InChI=1S/C26H26F3N7O/c1-16-11-31-25-32-22(19-6-7-19)23(35(25)13-16)24(37)30-12-17-2-4-18(5-3-17)21-10-20-14-34(15-26(27,28)29)8-9-36(20)33-21/h2-5,10-11,13,19H,6-9,12,14-15H2,1H3,(H,30,37). The van der Waals surface area contributed by atoms with Gasteiger partial charge >= 0.3 is 6.18 Å². The Morgan fingerprint density at radius 2 is 1.95 bits per heavy atom. The highest BCUT2D eigenvalue weighted by atomic mass is 19.4. The molecule has 6 rings (SSSR count). The molecule has 0 bridgehead atoms. The van der Waals surface area contributed by atoms with Crippen LogP contribution in [0.15, 0.2) is 42.7 Å². The van der Waals surface area contributed by atoms with Crippen LogP contribution in [-0.4, -0.2) is 54.2 Å². The lowest BCUT2D eigenvalue weighted by molar-refractivity contribution is -0.148. The molecule has 0 saturated heterocycles. The molecular formula is C26H26F3N7O. The smallest absolute Gasteiger partial charge is 0.347 e. The summed E-state index contributed by atoms with van der Waals surface area (Å²) in [7, 11) is 0. The number of nitrogens with zero attached hydrogens (tertiary/aromatic N) is 6. The number of benzene rings is 1. The second-order valence-corrected chi connectivity index (χ2v) is 9.87. The van der Waals surface area contributed by atoms with Gasteiger partial charge in [0.1, 0.15) is 5.69 Å². The van der Waals surface area contributed by atoms with Gasteiger partial charge in [0.25, 0.3) is 5.91 Å².